The van der Waals surface area contributed by atoms with Crippen molar-refractivity contribution in [2.24, 2.45) is 0 Å². The Kier molecular flexibility index (Phi) is 2.70. The maximum atomic E-state index is 7.63. The molecule has 0 aromatic heterocycles. The molecule has 11 heavy (non-hydrogen) atoms. The van der Waals surface area contributed by atoms with Gasteiger partial charge in [0.1, 0.15) is 0 Å². The van der Waals surface area contributed by atoms with Crippen LogP contribution in [0.3, 0.4) is 0 Å². The number of morpholine rings is 1. The van der Waals surface area contributed by atoms with E-state index >= 15 is 0 Å². The summed E-state index contributed by atoms with van der Waals surface area (Å²) in [5, 5.41) is 7.63. The number of nitrogens with one attached hydrogen (secondary N) is 1. The molecule has 4 heteroatoms. The molecule has 1 heterocycles. The third kappa shape index (κ3) is 2.08. The van der Waals surface area contributed by atoms with Crippen molar-refractivity contribution < 1.29 is 4.74 Å². The lowest BCUT2D eigenvalue weighted by Gasteiger charge is -2.31. The summed E-state index contributed by atoms with van der Waals surface area (Å²) in [4.78, 5) is 3.83. The van der Waals surface area contributed by atoms with Crippen molar-refractivity contribution in [3.63, 3.8) is 0 Å². The fourth-order valence-electron chi connectivity index (χ4n) is 1.06. The number of hydrogen-bond donors (Lipinski definition) is 1. The van der Waals surface area contributed by atoms with Crippen LogP contribution in [0.1, 0.15) is 0 Å². The van der Waals surface area contributed by atoms with E-state index in [1.807, 2.05) is 23.9 Å². The molecular formula is C7H15N3O. The van der Waals surface area contributed by atoms with E-state index in [2.05, 4.69) is 0 Å². The van der Waals surface area contributed by atoms with Crippen LogP contribution in [0.4, 0.5) is 0 Å². The zero-order valence-corrected chi connectivity index (χ0v) is 7.13. The highest BCUT2D eigenvalue weighted by Gasteiger charge is 2.14. The van der Waals surface area contributed by atoms with Crippen molar-refractivity contribution in [3.8, 4) is 0 Å². The lowest BCUT2D eigenvalue weighted by atomic mass is 10.4. The fourth-order valence-corrected chi connectivity index (χ4v) is 1.06. The smallest absolute Gasteiger partial charge is 0.193 e. The second-order valence-corrected chi connectivity index (χ2v) is 2.82. The molecule has 0 aliphatic carbocycles. The second kappa shape index (κ2) is 3.57. The van der Waals surface area contributed by atoms with Crippen LogP contribution in [0.25, 0.3) is 0 Å². The van der Waals surface area contributed by atoms with Crippen molar-refractivity contribution in [3.05, 3.63) is 0 Å². The van der Waals surface area contributed by atoms with Gasteiger partial charge in [0, 0.05) is 27.2 Å². The maximum Gasteiger partial charge on any atom is 0.193 e. The monoisotopic (exact) mass is 157 g/mol. The Hall–Kier alpha value is -0.770. The zero-order valence-electron chi connectivity index (χ0n) is 7.13. The third-order valence-corrected chi connectivity index (χ3v) is 1.73. The Morgan fingerprint density at radius 2 is 1.91 bits per heavy atom. The highest BCUT2D eigenvalue weighted by molar-refractivity contribution is 5.76. The van der Waals surface area contributed by atoms with Crippen LogP contribution in [0, 0.1) is 5.41 Å². The Bertz CT molecular complexity index is 141. The molecule has 64 valence electrons. The van der Waals surface area contributed by atoms with E-state index in [0.717, 1.165) is 26.3 Å². The highest BCUT2D eigenvalue weighted by Crippen LogP contribution is 1.98. The Balaban J connectivity index is 2.39. The van der Waals surface area contributed by atoms with Crippen LogP contribution in [-0.4, -0.2) is 56.2 Å². The van der Waals surface area contributed by atoms with E-state index in [1.165, 1.54) is 0 Å². The molecule has 0 unspecified atom stereocenters. The van der Waals surface area contributed by atoms with Gasteiger partial charge in [-0.1, -0.05) is 0 Å². The van der Waals surface area contributed by atoms with Crippen LogP contribution in [0.15, 0.2) is 0 Å². The molecule has 0 bridgehead atoms. The molecule has 1 rings (SSSR count). The van der Waals surface area contributed by atoms with Gasteiger partial charge in [-0.25, -0.2) is 0 Å². The van der Waals surface area contributed by atoms with Gasteiger partial charge < -0.3 is 14.5 Å². The van der Waals surface area contributed by atoms with Gasteiger partial charge in [-0.15, -0.1) is 0 Å². The third-order valence-electron chi connectivity index (χ3n) is 1.73. The van der Waals surface area contributed by atoms with Crippen molar-refractivity contribution in [1.29, 1.82) is 5.41 Å². The van der Waals surface area contributed by atoms with Gasteiger partial charge >= 0.3 is 0 Å². The minimum Gasteiger partial charge on any atom is -0.378 e. The number of ether oxygens (including phenoxy) is 1. The molecule has 0 saturated carbocycles. The average molecular weight is 157 g/mol. The quantitative estimate of drug-likeness (QED) is 0.391. The molecule has 0 spiro atoms. The topological polar surface area (TPSA) is 39.6 Å². The predicted octanol–water partition coefficient (Wildman–Crippen LogP) is -0.185. The van der Waals surface area contributed by atoms with Crippen molar-refractivity contribution in [1.82, 2.24) is 9.80 Å². The SMILES string of the molecule is CN(C)C(=N)N1CCOCC1. The van der Waals surface area contributed by atoms with Gasteiger partial charge in [-0.2, -0.15) is 0 Å². The normalized spacial score (nSPS) is 18.2. The second-order valence-electron chi connectivity index (χ2n) is 2.82. The molecule has 1 saturated heterocycles. The molecule has 1 aliphatic rings. The molecule has 1 N–H and O–H groups in total. The van der Waals surface area contributed by atoms with E-state index in [1.54, 1.807) is 0 Å². The molecule has 0 radical (unpaired) electrons. The van der Waals surface area contributed by atoms with Crippen LogP contribution >= 0.6 is 0 Å². The highest BCUT2D eigenvalue weighted by atomic mass is 16.5. The van der Waals surface area contributed by atoms with Crippen LogP contribution < -0.4 is 0 Å². The van der Waals surface area contributed by atoms with Crippen LogP contribution in [0.5, 0.6) is 0 Å². The van der Waals surface area contributed by atoms with Crippen LogP contribution in [0.2, 0.25) is 0 Å². The largest absolute Gasteiger partial charge is 0.378 e. The van der Waals surface area contributed by atoms with Gasteiger partial charge in [-0.3, -0.25) is 5.41 Å². The van der Waals surface area contributed by atoms with Crippen LogP contribution in [-0.2, 0) is 4.74 Å². The number of guanidine groups is 1. The maximum absolute atomic E-state index is 7.63. The summed E-state index contributed by atoms with van der Waals surface area (Å²) in [6.45, 7) is 3.18. The van der Waals surface area contributed by atoms with E-state index in [4.69, 9.17) is 10.1 Å². The van der Waals surface area contributed by atoms with Gasteiger partial charge in [0.05, 0.1) is 13.2 Å². The number of hydrogen-bond acceptors (Lipinski definition) is 2. The number of nitrogens with zero attached hydrogens (tertiary/aromatic N) is 2. The van der Waals surface area contributed by atoms with E-state index < -0.39 is 0 Å². The summed E-state index contributed by atoms with van der Waals surface area (Å²) in [7, 11) is 3.77. The van der Waals surface area contributed by atoms with E-state index in [9.17, 15) is 0 Å². The fraction of sp³-hybridized carbons (Fsp3) is 0.857. The molecule has 1 aliphatic heterocycles. The average Bonchev–Trinajstić information content (AvgIpc) is 2.05. The molecular weight excluding hydrogens is 142 g/mol. The molecule has 0 amide bonds. The summed E-state index contributed by atoms with van der Waals surface area (Å²) in [6.07, 6.45) is 0. The predicted molar refractivity (Wildman–Crippen MR) is 43.8 cm³/mol. The van der Waals surface area contributed by atoms with E-state index in [-0.39, 0.29) is 0 Å². The molecule has 4 nitrogen and oxygen atoms in total. The molecule has 0 aromatic rings. The lowest BCUT2D eigenvalue weighted by molar-refractivity contribution is 0.0633. The zero-order chi connectivity index (χ0) is 8.27. The summed E-state index contributed by atoms with van der Waals surface area (Å²) in [6, 6.07) is 0. The van der Waals surface area contributed by atoms with Crippen molar-refractivity contribution >= 4 is 5.96 Å². The Labute approximate surface area is 67.2 Å². The van der Waals surface area contributed by atoms with Gasteiger partial charge in [-0.05, 0) is 0 Å². The summed E-state index contributed by atoms with van der Waals surface area (Å²) in [5.41, 5.74) is 0. The first-order chi connectivity index (χ1) is 5.22. The minimum atomic E-state index is 0.577. The Morgan fingerprint density at radius 3 is 2.36 bits per heavy atom. The molecule has 0 atom stereocenters. The van der Waals surface area contributed by atoms with E-state index in [0.29, 0.717) is 5.96 Å². The number of rotatable bonds is 0. The standard InChI is InChI=1S/C7H15N3O/c1-9(2)7(8)10-3-5-11-6-4-10/h8H,3-6H2,1-2H3. The first-order valence-corrected chi connectivity index (χ1v) is 3.80. The van der Waals surface area contributed by atoms with Crippen molar-refractivity contribution in [2.45, 2.75) is 0 Å². The van der Waals surface area contributed by atoms with Gasteiger partial charge in [0.2, 0.25) is 0 Å². The first-order valence-electron chi connectivity index (χ1n) is 3.80. The lowest BCUT2D eigenvalue weighted by Crippen LogP contribution is -2.46. The Morgan fingerprint density at radius 1 is 1.36 bits per heavy atom. The minimum absolute atomic E-state index is 0.577. The first kappa shape index (κ1) is 8.33. The summed E-state index contributed by atoms with van der Waals surface area (Å²) >= 11 is 0. The van der Waals surface area contributed by atoms with Gasteiger partial charge in [0.25, 0.3) is 0 Å². The summed E-state index contributed by atoms with van der Waals surface area (Å²) in [5.74, 6) is 0.577. The van der Waals surface area contributed by atoms with Crippen molar-refractivity contribution in [2.75, 3.05) is 40.4 Å². The molecule has 0 aromatic carbocycles. The molecule has 1 fully saturated rings. The summed E-state index contributed by atoms with van der Waals surface area (Å²) < 4.78 is 5.17. The van der Waals surface area contributed by atoms with Gasteiger partial charge in [0.15, 0.2) is 5.96 Å².